The van der Waals surface area contributed by atoms with Crippen LogP contribution < -0.4 is 0 Å². The lowest BCUT2D eigenvalue weighted by Gasteiger charge is -2.12. The quantitative estimate of drug-likeness (QED) is 0.157. The molecule has 0 spiro atoms. The SMILES string of the molecule is c1ccc(-c2ccc(-c3ccc(-c4nc(-c5ccc6ccc7ccc8ccc9nc(-c%10ccccc%10)oc9c8c7c6c5)nc(-c5cccc6ccccc56)n4)cc3)cc2)cc1. The lowest BCUT2D eigenvalue weighted by molar-refractivity contribution is 0.623. The van der Waals surface area contributed by atoms with E-state index >= 15 is 0 Å². The van der Waals surface area contributed by atoms with Gasteiger partial charge in [0.15, 0.2) is 23.1 Å². The van der Waals surface area contributed by atoms with Crippen LogP contribution in [0.25, 0.3) is 122 Å². The minimum absolute atomic E-state index is 0.601. The Morgan fingerprint density at radius 1 is 0.295 bits per heavy atom. The average molecular weight is 779 g/mol. The number of hydrogen-bond donors (Lipinski definition) is 0. The molecule has 2 heterocycles. The van der Waals surface area contributed by atoms with E-state index in [1.807, 2.05) is 42.5 Å². The first kappa shape index (κ1) is 34.7. The molecule has 0 radical (unpaired) electrons. The molecular weight excluding hydrogens is 745 g/mol. The molecule has 2 aromatic heterocycles. The second kappa shape index (κ2) is 14.2. The Kier molecular flexibility index (Phi) is 8.10. The third-order valence-corrected chi connectivity index (χ3v) is 11.7. The average Bonchev–Trinajstić information content (AvgIpc) is 3.79. The zero-order valence-electron chi connectivity index (χ0n) is 32.8. The first-order valence-electron chi connectivity index (χ1n) is 20.5. The van der Waals surface area contributed by atoms with Crippen LogP contribution >= 0.6 is 0 Å². The first-order chi connectivity index (χ1) is 30.2. The van der Waals surface area contributed by atoms with Crippen molar-refractivity contribution in [2.75, 3.05) is 0 Å². The zero-order chi connectivity index (χ0) is 40.3. The van der Waals surface area contributed by atoms with E-state index in [1.165, 1.54) is 11.1 Å². The normalized spacial score (nSPS) is 11.6. The molecule has 284 valence electrons. The lowest BCUT2D eigenvalue weighted by Crippen LogP contribution is -2.00. The maximum absolute atomic E-state index is 6.62. The largest absolute Gasteiger partial charge is 0.435 e. The van der Waals surface area contributed by atoms with Gasteiger partial charge in [-0.1, -0.05) is 182 Å². The smallest absolute Gasteiger partial charge is 0.227 e. The highest BCUT2D eigenvalue weighted by atomic mass is 16.3. The molecule has 61 heavy (non-hydrogen) atoms. The van der Waals surface area contributed by atoms with Crippen LogP contribution in [0.3, 0.4) is 0 Å². The van der Waals surface area contributed by atoms with Gasteiger partial charge in [-0.25, -0.2) is 19.9 Å². The topological polar surface area (TPSA) is 64.7 Å². The summed E-state index contributed by atoms with van der Waals surface area (Å²) < 4.78 is 6.62. The lowest BCUT2D eigenvalue weighted by atomic mass is 9.94. The number of nitrogens with zero attached hydrogens (tertiary/aromatic N) is 4. The van der Waals surface area contributed by atoms with Crippen LogP contribution in [0.1, 0.15) is 0 Å². The summed E-state index contributed by atoms with van der Waals surface area (Å²) in [7, 11) is 0. The fourth-order valence-corrected chi connectivity index (χ4v) is 8.65. The summed E-state index contributed by atoms with van der Waals surface area (Å²) in [6.45, 7) is 0. The van der Waals surface area contributed by atoms with Crippen LogP contribution in [0.5, 0.6) is 0 Å². The summed E-state index contributed by atoms with van der Waals surface area (Å²) in [6.07, 6.45) is 0. The van der Waals surface area contributed by atoms with E-state index in [0.717, 1.165) is 87.6 Å². The van der Waals surface area contributed by atoms with Crippen molar-refractivity contribution in [3.63, 3.8) is 0 Å². The van der Waals surface area contributed by atoms with Gasteiger partial charge in [0.25, 0.3) is 0 Å². The first-order valence-corrected chi connectivity index (χ1v) is 20.5. The van der Waals surface area contributed by atoms with E-state index in [4.69, 9.17) is 24.4 Å². The van der Waals surface area contributed by atoms with Gasteiger partial charge in [-0.05, 0) is 78.8 Å². The monoisotopic (exact) mass is 778 g/mol. The predicted octanol–water partition coefficient (Wildman–Crippen LogP) is 14.6. The van der Waals surface area contributed by atoms with E-state index in [-0.39, 0.29) is 0 Å². The number of hydrogen-bond acceptors (Lipinski definition) is 5. The third-order valence-electron chi connectivity index (χ3n) is 11.7. The van der Waals surface area contributed by atoms with Crippen molar-refractivity contribution in [3.8, 4) is 67.9 Å². The highest BCUT2D eigenvalue weighted by molar-refractivity contribution is 6.26. The van der Waals surface area contributed by atoms with Gasteiger partial charge in [-0.2, -0.15) is 0 Å². The van der Waals surface area contributed by atoms with Gasteiger partial charge >= 0.3 is 0 Å². The second-order valence-electron chi connectivity index (χ2n) is 15.4. The molecule has 0 fully saturated rings. The maximum atomic E-state index is 6.62. The molecule has 12 rings (SSSR count). The van der Waals surface area contributed by atoms with Crippen molar-refractivity contribution in [1.82, 2.24) is 19.9 Å². The molecule has 0 saturated heterocycles. The molecule has 0 bridgehead atoms. The van der Waals surface area contributed by atoms with Gasteiger partial charge in [-0.3, -0.25) is 0 Å². The van der Waals surface area contributed by atoms with E-state index in [2.05, 4.69) is 164 Å². The van der Waals surface area contributed by atoms with Crippen LogP contribution in [0.4, 0.5) is 0 Å². The van der Waals surface area contributed by atoms with Gasteiger partial charge in [-0.15, -0.1) is 0 Å². The van der Waals surface area contributed by atoms with Crippen LogP contribution in [0.2, 0.25) is 0 Å². The van der Waals surface area contributed by atoms with Crippen LogP contribution in [-0.4, -0.2) is 19.9 Å². The second-order valence-corrected chi connectivity index (χ2v) is 15.4. The van der Waals surface area contributed by atoms with Crippen molar-refractivity contribution in [2.45, 2.75) is 0 Å². The number of benzene rings is 10. The number of fused-ring (bicyclic) bond motifs is 8. The molecule has 0 aliphatic heterocycles. The minimum atomic E-state index is 0.601. The van der Waals surface area contributed by atoms with Gasteiger partial charge in [0, 0.05) is 33.0 Å². The Hall–Kier alpha value is -8.28. The molecule has 5 nitrogen and oxygen atoms in total. The summed E-state index contributed by atoms with van der Waals surface area (Å²) in [5, 5.41) is 8.76. The molecule has 0 N–H and O–H groups in total. The van der Waals surface area contributed by atoms with Crippen LogP contribution in [0.15, 0.2) is 211 Å². The van der Waals surface area contributed by atoms with Gasteiger partial charge in [0.1, 0.15) is 5.52 Å². The molecular formula is C56H34N4O. The molecule has 10 aromatic carbocycles. The zero-order valence-corrected chi connectivity index (χ0v) is 32.8. The predicted molar refractivity (Wildman–Crippen MR) is 250 cm³/mol. The molecule has 0 saturated carbocycles. The van der Waals surface area contributed by atoms with Crippen molar-refractivity contribution in [1.29, 1.82) is 0 Å². The number of oxazole rings is 1. The van der Waals surface area contributed by atoms with E-state index in [9.17, 15) is 0 Å². The number of rotatable bonds is 6. The molecule has 0 aliphatic carbocycles. The summed E-state index contributed by atoms with van der Waals surface area (Å²) in [6, 6.07) is 71.8. The standard InChI is InChI=1S/C56H34N4O/c1-3-10-35(11-4-1)36-18-20-37(21-19-36)38-22-29-43(30-23-38)53-58-54(60-55(59-53)47-17-9-15-39-12-7-8-16-46(39)47)45-31-25-40-24-26-41-27-28-42-32-33-49-52(51(42)50(41)48(40)34-45)61-56(57-49)44-13-5-2-6-14-44/h1-34H. The van der Waals surface area contributed by atoms with Crippen LogP contribution in [-0.2, 0) is 0 Å². The summed E-state index contributed by atoms with van der Waals surface area (Å²) >= 11 is 0. The summed E-state index contributed by atoms with van der Waals surface area (Å²) in [5.74, 6) is 2.44. The molecule has 0 amide bonds. The van der Waals surface area contributed by atoms with E-state index < -0.39 is 0 Å². The Morgan fingerprint density at radius 3 is 1.51 bits per heavy atom. The maximum Gasteiger partial charge on any atom is 0.227 e. The van der Waals surface area contributed by atoms with Crippen molar-refractivity contribution in [3.05, 3.63) is 206 Å². The highest BCUT2D eigenvalue weighted by Gasteiger charge is 2.18. The Bertz CT molecular complexity index is 3610. The summed E-state index contributed by atoms with van der Waals surface area (Å²) in [5.41, 5.74) is 9.97. The molecule has 5 heteroatoms. The number of aromatic nitrogens is 4. The van der Waals surface area contributed by atoms with Crippen molar-refractivity contribution >= 4 is 54.2 Å². The van der Waals surface area contributed by atoms with Gasteiger partial charge < -0.3 is 4.42 Å². The van der Waals surface area contributed by atoms with Crippen molar-refractivity contribution < 1.29 is 4.42 Å². The molecule has 0 atom stereocenters. The Balaban J connectivity index is 1.02. The van der Waals surface area contributed by atoms with Crippen molar-refractivity contribution in [2.24, 2.45) is 0 Å². The van der Waals surface area contributed by atoms with Gasteiger partial charge in [0.05, 0.1) is 0 Å². The molecule has 0 unspecified atom stereocenters. The summed E-state index contributed by atoms with van der Waals surface area (Å²) in [4.78, 5) is 20.5. The van der Waals surface area contributed by atoms with Gasteiger partial charge in [0.2, 0.25) is 5.89 Å². The van der Waals surface area contributed by atoms with Crippen LogP contribution in [0, 0.1) is 0 Å². The Morgan fingerprint density at radius 2 is 0.787 bits per heavy atom. The third kappa shape index (κ3) is 6.10. The van der Waals surface area contributed by atoms with E-state index in [0.29, 0.717) is 23.4 Å². The fraction of sp³-hybridized carbons (Fsp3) is 0. The fourth-order valence-electron chi connectivity index (χ4n) is 8.65. The highest BCUT2D eigenvalue weighted by Crippen LogP contribution is 2.40. The minimum Gasteiger partial charge on any atom is -0.435 e. The molecule has 12 aromatic rings. The Labute approximate surface area is 351 Å². The van der Waals surface area contributed by atoms with E-state index in [1.54, 1.807) is 0 Å². The molecule has 0 aliphatic rings.